The number of thiazole rings is 1. The van der Waals surface area contributed by atoms with Crippen LogP contribution in [0.2, 0.25) is 0 Å². The lowest BCUT2D eigenvalue weighted by Gasteiger charge is -2.14. The third-order valence-corrected chi connectivity index (χ3v) is 6.58. The zero-order valence-corrected chi connectivity index (χ0v) is 20.2. The maximum Gasteiger partial charge on any atom is 0.280 e. The zero-order chi connectivity index (χ0) is 24.2. The van der Waals surface area contributed by atoms with Gasteiger partial charge in [0.05, 0.1) is 23.5 Å². The lowest BCUT2D eigenvalue weighted by atomic mass is 10.0. The van der Waals surface area contributed by atoms with Crippen molar-refractivity contribution in [3.63, 3.8) is 0 Å². The molecule has 1 aromatic heterocycles. The molecule has 0 fully saturated rings. The van der Waals surface area contributed by atoms with Crippen LogP contribution in [0, 0.1) is 6.92 Å². The Morgan fingerprint density at radius 2 is 1.63 bits per heavy atom. The maximum atomic E-state index is 13.6. The first-order valence-electron chi connectivity index (χ1n) is 11.2. The highest BCUT2D eigenvalue weighted by Crippen LogP contribution is 2.31. The van der Waals surface area contributed by atoms with E-state index < -0.39 is 0 Å². The van der Waals surface area contributed by atoms with Crippen LogP contribution in [0.25, 0.3) is 21.3 Å². The van der Waals surface area contributed by atoms with Gasteiger partial charge in [-0.05, 0) is 77.7 Å². The van der Waals surface area contributed by atoms with Crippen LogP contribution in [0.5, 0.6) is 5.75 Å². The smallest absolute Gasteiger partial charge is 0.280 e. The Labute approximate surface area is 208 Å². The van der Waals surface area contributed by atoms with Crippen molar-refractivity contribution in [3.05, 3.63) is 114 Å². The van der Waals surface area contributed by atoms with E-state index in [1.807, 2.05) is 97.9 Å². The van der Waals surface area contributed by atoms with Crippen molar-refractivity contribution in [2.75, 3.05) is 12.1 Å². The molecule has 5 nitrogen and oxygen atoms in total. The standard InChI is InChI=1S/C29H23N3O2S/c1-20-8-17-26-27(18-20)35-29(31-26)32(30-19-21-9-15-25(34-2)16-10-21)28(33)24-13-11-23(12-14-24)22-6-4-3-5-7-22/h3-19H,1-2H3/b30-19+. The Morgan fingerprint density at radius 1 is 0.914 bits per heavy atom. The van der Waals surface area contributed by atoms with Crippen LogP contribution >= 0.6 is 11.3 Å². The van der Waals surface area contributed by atoms with Crippen LogP contribution in [0.1, 0.15) is 21.5 Å². The molecule has 0 radical (unpaired) electrons. The summed E-state index contributed by atoms with van der Waals surface area (Å²) >= 11 is 1.44. The van der Waals surface area contributed by atoms with Gasteiger partial charge in [0.25, 0.3) is 5.91 Å². The van der Waals surface area contributed by atoms with E-state index in [-0.39, 0.29) is 5.91 Å². The van der Waals surface area contributed by atoms with Crippen molar-refractivity contribution < 1.29 is 9.53 Å². The molecular weight excluding hydrogens is 454 g/mol. The first-order chi connectivity index (χ1) is 17.1. The number of nitrogens with zero attached hydrogens (tertiary/aromatic N) is 3. The van der Waals surface area contributed by atoms with Crippen LogP contribution < -0.4 is 9.75 Å². The van der Waals surface area contributed by atoms with E-state index in [1.54, 1.807) is 13.3 Å². The highest BCUT2D eigenvalue weighted by Gasteiger charge is 2.21. The second-order valence-electron chi connectivity index (χ2n) is 8.05. The second kappa shape index (κ2) is 9.91. The molecule has 6 heteroatoms. The number of hydrogen-bond donors (Lipinski definition) is 0. The minimum absolute atomic E-state index is 0.245. The van der Waals surface area contributed by atoms with Crippen molar-refractivity contribution >= 4 is 38.8 Å². The molecule has 0 atom stereocenters. The quantitative estimate of drug-likeness (QED) is 0.196. The summed E-state index contributed by atoms with van der Waals surface area (Å²) in [6.07, 6.45) is 1.66. The predicted octanol–water partition coefficient (Wildman–Crippen LogP) is 6.96. The van der Waals surface area contributed by atoms with Gasteiger partial charge in [-0.15, -0.1) is 0 Å². The van der Waals surface area contributed by atoms with Crippen molar-refractivity contribution in [1.29, 1.82) is 0 Å². The Balaban J connectivity index is 1.50. The molecule has 5 aromatic rings. The van der Waals surface area contributed by atoms with E-state index in [2.05, 4.69) is 11.2 Å². The highest BCUT2D eigenvalue weighted by molar-refractivity contribution is 7.22. The number of anilines is 1. The summed E-state index contributed by atoms with van der Waals surface area (Å²) in [5.41, 5.74) is 5.51. The summed E-state index contributed by atoms with van der Waals surface area (Å²) in [6, 6.07) is 31.2. The molecule has 0 spiro atoms. The Hall–Kier alpha value is -4.29. The molecule has 0 saturated carbocycles. The fraction of sp³-hybridized carbons (Fsp3) is 0.0690. The summed E-state index contributed by atoms with van der Waals surface area (Å²) in [7, 11) is 1.63. The van der Waals surface area contributed by atoms with Crippen molar-refractivity contribution in [1.82, 2.24) is 4.98 Å². The van der Waals surface area contributed by atoms with E-state index in [0.29, 0.717) is 10.7 Å². The largest absolute Gasteiger partial charge is 0.497 e. The van der Waals surface area contributed by atoms with Gasteiger partial charge < -0.3 is 4.74 Å². The summed E-state index contributed by atoms with van der Waals surface area (Å²) in [5, 5.41) is 6.46. The number of carbonyl (C=O) groups is 1. The Bertz CT molecular complexity index is 1490. The molecule has 4 aromatic carbocycles. The highest BCUT2D eigenvalue weighted by atomic mass is 32.1. The summed E-state index contributed by atoms with van der Waals surface area (Å²) in [5.74, 6) is 0.514. The molecule has 0 aliphatic carbocycles. The molecule has 35 heavy (non-hydrogen) atoms. The average Bonchev–Trinajstić information content (AvgIpc) is 3.32. The van der Waals surface area contributed by atoms with Gasteiger partial charge >= 0.3 is 0 Å². The third kappa shape index (κ3) is 4.98. The van der Waals surface area contributed by atoms with Gasteiger partial charge in [0, 0.05) is 5.56 Å². The molecular formula is C29H23N3O2S. The molecule has 0 aliphatic rings. The lowest BCUT2D eigenvalue weighted by Crippen LogP contribution is -2.25. The third-order valence-electron chi connectivity index (χ3n) is 5.58. The molecule has 0 aliphatic heterocycles. The van der Waals surface area contributed by atoms with Crippen LogP contribution in [0.15, 0.2) is 102 Å². The van der Waals surface area contributed by atoms with Gasteiger partial charge in [0.1, 0.15) is 5.75 Å². The second-order valence-corrected chi connectivity index (χ2v) is 9.05. The molecule has 0 N–H and O–H groups in total. The number of aryl methyl sites for hydroxylation is 1. The summed E-state index contributed by atoms with van der Waals surface area (Å²) in [6.45, 7) is 2.04. The number of hydrazone groups is 1. The fourth-order valence-electron chi connectivity index (χ4n) is 3.67. The Kier molecular flexibility index (Phi) is 6.37. The predicted molar refractivity (Wildman–Crippen MR) is 144 cm³/mol. The lowest BCUT2D eigenvalue weighted by molar-refractivity contribution is 0.0988. The van der Waals surface area contributed by atoms with Gasteiger partial charge in [-0.1, -0.05) is 59.9 Å². The number of carbonyl (C=O) groups excluding carboxylic acids is 1. The number of methoxy groups -OCH3 is 1. The van der Waals surface area contributed by atoms with Crippen molar-refractivity contribution in [2.24, 2.45) is 5.10 Å². The molecule has 172 valence electrons. The van der Waals surface area contributed by atoms with Crippen LogP contribution in [-0.4, -0.2) is 24.2 Å². The number of fused-ring (bicyclic) bond motifs is 1. The molecule has 5 rings (SSSR count). The van der Waals surface area contributed by atoms with Crippen LogP contribution in [0.3, 0.4) is 0 Å². The monoisotopic (exact) mass is 477 g/mol. The maximum absolute atomic E-state index is 13.6. The molecule has 0 unspecified atom stereocenters. The summed E-state index contributed by atoms with van der Waals surface area (Å²) < 4.78 is 6.24. The minimum Gasteiger partial charge on any atom is -0.497 e. The number of ether oxygens (including phenoxy) is 1. The van der Waals surface area contributed by atoms with E-state index in [0.717, 1.165) is 38.2 Å². The van der Waals surface area contributed by atoms with Gasteiger partial charge in [-0.3, -0.25) is 4.79 Å². The van der Waals surface area contributed by atoms with Crippen LogP contribution in [-0.2, 0) is 0 Å². The van der Waals surface area contributed by atoms with Gasteiger partial charge in [0.2, 0.25) is 5.13 Å². The first-order valence-corrected chi connectivity index (χ1v) is 12.0. The summed E-state index contributed by atoms with van der Waals surface area (Å²) in [4.78, 5) is 18.3. The molecule has 1 amide bonds. The number of rotatable bonds is 6. The van der Waals surface area contributed by atoms with Crippen LogP contribution in [0.4, 0.5) is 5.13 Å². The number of amides is 1. The average molecular weight is 478 g/mol. The van der Waals surface area contributed by atoms with E-state index in [9.17, 15) is 4.79 Å². The number of aromatic nitrogens is 1. The van der Waals surface area contributed by atoms with Crippen molar-refractivity contribution in [2.45, 2.75) is 6.92 Å². The molecule has 0 saturated heterocycles. The van der Waals surface area contributed by atoms with Gasteiger partial charge in [-0.2, -0.15) is 10.1 Å². The number of benzene rings is 4. The van der Waals surface area contributed by atoms with Gasteiger partial charge in [0.15, 0.2) is 0 Å². The minimum atomic E-state index is -0.245. The topological polar surface area (TPSA) is 54.8 Å². The first kappa shape index (κ1) is 22.5. The number of hydrogen-bond acceptors (Lipinski definition) is 5. The van der Waals surface area contributed by atoms with Gasteiger partial charge in [-0.25, -0.2) is 4.98 Å². The zero-order valence-electron chi connectivity index (χ0n) is 19.4. The van der Waals surface area contributed by atoms with E-state index >= 15 is 0 Å². The van der Waals surface area contributed by atoms with E-state index in [4.69, 9.17) is 9.72 Å². The fourth-order valence-corrected chi connectivity index (χ4v) is 4.69. The molecule has 1 heterocycles. The normalized spacial score (nSPS) is 11.1. The molecule has 0 bridgehead atoms. The van der Waals surface area contributed by atoms with E-state index in [1.165, 1.54) is 16.3 Å². The Morgan fingerprint density at radius 3 is 2.34 bits per heavy atom. The SMILES string of the molecule is COc1ccc(/C=N/N(C(=O)c2ccc(-c3ccccc3)cc2)c2nc3ccc(C)cc3s2)cc1. The van der Waals surface area contributed by atoms with Crippen molar-refractivity contribution in [3.8, 4) is 16.9 Å².